The van der Waals surface area contributed by atoms with E-state index in [-0.39, 0.29) is 5.91 Å². The molecule has 0 unspecified atom stereocenters. The summed E-state index contributed by atoms with van der Waals surface area (Å²) < 4.78 is 5.22. The third-order valence-corrected chi connectivity index (χ3v) is 3.31. The maximum absolute atomic E-state index is 12.5. The molecule has 4 nitrogen and oxygen atoms in total. The highest BCUT2D eigenvalue weighted by molar-refractivity contribution is 6.07. The Balaban J connectivity index is 2.44. The minimum atomic E-state index is -0.244. The predicted octanol–water partition coefficient (Wildman–Crippen LogP) is 3.44. The van der Waals surface area contributed by atoms with Crippen molar-refractivity contribution in [2.24, 2.45) is 0 Å². The van der Waals surface area contributed by atoms with E-state index < -0.39 is 0 Å². The second-order valence-electron chi connectivity index (χ2n) is 4.72. The highest BCUT2D eigenvalue weighted by atomic mass is 16.5. The Morgan fingerprint density at radius 1 is 1.14 bits per heavy atom. The fourth-order valence-electron chi connectivity index (χ4n) is 2.27. The summed E-state index contributed by atoms with van der Waals surface area (Å²) in [5, 5.41) is 12.0. The summed E-state index contributed by atoms with van der Waals surface area (Å²) in [5.74, 6) is 0.222. The number of nitriles is 1. The van der Waals surface area contributed by atoms with Crippen LogP contribution < -0.4 is 10.1 Å². The molecule has 0 aliphatic rings. The molecular formula is C17H16N2O2. The molecule has 4 heteroatoms. The molecule has 0 aliphatic heterocycles. The maximum Gasteiger partial charge on any atom is 0.256 e. The van der Waals surface area contributed by atoms with Crippen LogP contribution in [0.25, 0.3) is 0 Å². The van der Waals surface area contributed by atoms with E-state index in [2.05, 4.69) is 11.4 Å². The SMILES string of the molecule is COc1cccc(C#N)c1NC(=O)c1c(C)cccc1C. The van der Waals surface area contributed by atoms with Gasteiger partial charge in [0.1, 0.15) is 17.5 Å². The number of methoxy groups -OCH3 is 1. The Kier molecular flexibility index (Phi) is 4.24. The molecule has 0 heterocycles. The average Bonchev–Trinajstić information content (AvgIpc) is 2.47. The van der Waals surface area contributed by atoms with Crippen molar-refractivity contribution in [3.63, 3.8) is 0 Å². The minimum Gasteiger partial charge on any atom is -0.495 e. The van der Waals surface area contributed by atoms with Gasteiger partial charge in [-0.1, -0.05) is 24.3 Å². The number of aryl methyl sites for hydroxylation is 2. The van der Waals surface area contributed by atoms with E-state index in [9.17, 15) is 10.1 Å². The van der Waals surface area contributed by atoms with Gasteiger partial charge >= 0.3 is 0 Å². The van der Waals surface area contributed by atoms with Gasteiger partial charge in [0.15, 0.2) is 0 Å². The summed E-state index contributed by atoms with van der Waals surface area (Å²) >= 11 is 0. The number of amides is 1. The zero-order valence-electron chi connectivity index (χ0n) is 12.2. The topological polar surface area (TPSA) is 62.1 Å². The summed E-state index contributed by atoms with van der Waals surface area (Å²) in [5.41, 5.74) is 3.16. The van der Waals surface area contributed by atoms with Crippen LogP contribution in [0.15, 0.2) is 36.4 Å². The molecule has 21 heavy (non-hydrogen) atoms. The van der Waals surface area contributed by atoms with Gasteiger partial charge in [-0.15, -0.1) is 0 Å². The summed E-state index contributed by atoms with van der Waals surface area (Å²) in [6.45, 7) is 3.77. The third kappa shape index (κ3) is 2.87. The number of rotatable bonds is 3. The molecule has 106 valence electrons. The molecule has 2 aromatic carbocycles. The Bertz CT molecular complexity index is 710. The lowest BCUT2D eigenvalue weighted by atomic mass is 10.0. The van der Waals surface area contributed by atoms with E-state index in [0.717, 1.165) is 11.1 Å². The van der Waals surface area contributed by atoms with Crippen LogP contribution in [-0.2, 0) is 0 Å². The molecule has 0 saturated carbocycles. The molecule has 0 radical (unpaired) electrons. The highest BCUT2D eigenvalue weighted by Gasteiger charge is 2.16. The summed E-state index contributed by atoms with van der Waals surface area (Å²) in [7, 11) is 1.51. The summed E-state index contributed by atoms with van der Waals surface area (Å²) in [6.07, 6.45) is 0. The number of nitrogens with one attached hydrogen (secondary N) is 1. The number of carbonyl (C=O) groups is 1. The van der Waals surface area contributed by atoms with Crippen LogP contribution in [0.1, 0.15) is 27.0 Å². The second-order valence-corrected chi connectivity index (χ2v) is 4.72. The number of hydrogen-bond acceptors (Lipinski definition) is 3. The van der Waals surface area contributed by atoms with Crippen molar-refractivity contribution in [1.82, 2.24) is 0 Å². The van der Waals surface area contributed by atoms with Crippen molar-refractivity contribution in [1.29, 1.82) is 5.26 Å². The van der Waals surface area contributed by atoms with Crippen LogP contribution in [0.5, 0.6) is 5.75 Å². The number of nitrogens with zero attached hydrogens (tertiary/aromatic N) is 1. The maximum atomic E-state index is 12.5. The Morgan fingerprint density at radius 3 is 2.33 bits per heavy atom. The molecule has 0 atom stereocenters. The number of carbonyl (C=O) groups excluding carboxylic acids is 1. The standard InChI is InChI=1S/C17H16N2O2/c1-11-6-4-7-12(2)15(11)17(20)19-16-13(10-18)8-5-9-14(16)21-3/h4-9H,1-3H3,(H,19,20). The van der Waals surface area contributed by atoms with E-state index in [0.29, 0.717) is 22.6 Å². The van der Waals surface area contributed by atoms with Gasteiger partial charge in [0.05, 0.1) is 12.7 Å². The molecule has 2 aromatic rings. The van der Waals surface area contributed by atoms with E-state index in [1.165, 1.54) is 7.11 Å². The van der Waals surface area contributed by atoms with Gasteiger partial charge in [-0.25, -0.2) is 0 Å². The van der Waals surface area contributed by atoms with Crippen LogP contribution >= 0.6 is 0 Å². The smallest absolute Gasteiger partial charge is 0.256 e. The van der Waals surface area contributed by atoms with Gasteiger partial charge in [0.2, 0.25) is 0 Å². The van der Waals surface area contributed by atoms with Crippen molar-refractivity contribution >= 4 is 11.6 Å². The molecule has 1 N–H and O–H groups in total. The molecule has 0 spiro atoms. The van der Waals surface area contributed by atoms with E-state index in [1.54, 1.807) is 18.2 Å². The first-order valence-electron chi connectivity index (χ1n) is 6.53. The van der Waals surface area contributed by atoms with Crippen molar-refractivity contribution in [3.05, 3.63) is 58.7 Å². The van der Waals surface area contributed by atoms with Crippen molar-refractivity contribution in [3.8, 4) is 11.8 Å². The van der Waals surface area contributed by atoms with Crippen LogP contribution in [0.3, 0.4) is 0 Å². The van der Waals surface area contributed by atoms with Crippen LogP contribution in [-0.4, -0.2) is 13.0 Å². The lowest BCUT2D eigenvalue weighted by Crippen LogP contribution is -2.16. The lowest BCUT2D eigenvalue weighted by molar-refractivity contribution is 0.102. The first-order valence-corrected chi connectivity index (χ1v) is 6.53. The molecule has 1 amide bonds. The minimum absolute atomic E-state index is 0.244. The first kappa shape index (κ1) is 14.6. The average molecular weight is 280 g/mol. The van der Waals surface area contributed by atoms with Gasteiger partial charge in [0, 0.05) is 5.56 Å². The summed E-state index contributed by atoms with van der Waals surface area (Å²) in [4.78, 5) is 12.5. The molecule has 0 aromatic heterocycles. The Labute approximate surface area is 124 Å². The van der Waals surface area contributed by atoms with Gasteiger partial charge in [0.25, 0.3) is 5.91 Å². The number of hydrogen-bond donors (Lipinski definition) is 1. The largest absolute Gasteiger partial charge is 0.495 e. The van der Waals surface area contributed by atoms with Crippen LogP contribution in [0.4, 0.5) is 5.69 Å². The Morgan fingerprint density at radius 2 is 1.76 bits per heavy atom. The van der Waals surface area contributed by atoms with E-state index in [1.807, 2.05) is 32.0 Å². The van der Waals surface area contributed by atoms with Gasteiger partial charge in [-0.05, 0) is 37.1 Å². The van der Waals surface area contributed by atoms with E-state index >= 15 is 0 Å². The number of anilines is 1. The first-order chi connectivity index (χ1) is 10.1. The second kappa shape index (κ2) is 6.10. The monoisotopic (exact) mass is 280 g/mol. The van der Waals surface area contributed by atoms with Crippen molar-refractivity contribution in [2.45, 2.75) is 13.8 Å². The number of para-hydroxylation sites is 1. The number of benzene rings is 2. The molecule has 0 aliphatic carbocycles. The molecule has 0 bridgehead atoms. The number of ether oxygens (including phenoxy) is 1. The molecular weight excluding hydrogens is 264 g/mol. The van der Waals surface area contributed by atoms with Crippen molar-refractivity contribution < 1.29 is 9.53 Å². The molecule has 0 fully saturated rings. The third-order valence-electron chi connectivity index (χ3n) is 3.31. The normalized spacial score (nSPS) is 9.81. The van der Waals surface area contributed by atoms with Crippen LogP contribution in [0, 0.1) is 25.2 Å². The lowest BCUT2D eigenvalue weighted by Gasteiger charge is -2.14. The predicted molar refractivity (Wildman–Crippen MR) is 81.6 cm³/mol. The van der Waals surface area contributed by atoms with Gasteiger partial charge in [-0.3, -0.25) is 4.79 Å². The van der Waals surface area contributed by atoms with Crippen LogP contribution in [0.2, 0.25) is 0 Å². The van der Waals surface area contributed by atoms with E-state index in [4.69, 9.17) is 4.74 Å². The fourth-order valence-corrected chi connectivity index (χ4v) is 2.27. The van der Waals surface area contributed by atoms with Gasteiger partial charge < -0.3 is 10.1 Å². The molecule has 0 saturated heterocycles. The highest BCUT2D eigenvalue weighted by Crippen LogP contribution is 2.28. The van der Waals surface area contributed by atoms with Crippen molar-refractivity contribution in [2.75, 3.05) is 12.4 Å². The quantitative estimate of drug-likeness (QED) is 0.936. The summed E-state index contributed by atoms with van der Waals surface area (Å²) in [6, 6.07) is 12.8. The Hall–Kier alpha value is -2.80. The zero-order valence-corrected chi connectivity index (χ0v) is 12.2. The molecule has 2 rings (SSSR count). The zero-order chi connectivity index (χ0) is 15.4. The van der Waals surface area contributed by atoms with Gasteiger partial charge in [-0.2, -0.15) is 5.26 Å². The fraction of sp³-hybridized carbons (Fsp3) is 0.176.